The van der Waals surface area contributed by atoms with Gasteiger partial charge in [0.1, 0.15) is 16.9 Å². The minimum absolute atomic E-state index is 0.857. The molecule has 5 heterocycles. The van der Waals surface area contributed by atoms with E-state index in [9.17, 15) is 0 Å². The lowest BCUT2D eigenvalue weighted by atomic mass is 10.2. The molecule has 6 rings (SSSR count). The Bertz CT molecular complexity index is 1260. The third kappa shape index (κ3) is 1.61. The number of para-hydroxylation sites is 1. The molecule has 4 heteroatoms. The normalized spacial score (nSPS) is 12.6. The van der Waals surface area contributed by atoms with Gasteiger partial charge in [-0.3, -0.25) is 0 Å². The third-order valence-electron chi connectivity index (χ3n) is 5.04. The topological polar surface area (TPSA) is 26.1 Å². The number of rotatable bonds is 1. The van der Waals surface area contributed by atoms with E-state index in [1.165, 1.54) is 22.2 Å². The number of hydrogen-bond donors (Lipinski definition) is 0. The van der Waals surface area contributed by atoms with Crippen LogP contribution < -0.4 is 4.57 Å². The number of fused-ring (bicyclic) bond motifs is 7. The predicted octanol–water partition coefficient (Wildman–Crippen LogP) is 3.59. The Hall–Kier alpha value is -3.40. The van der Waals surface area contributed by atoms with Crippen molar-refractivity contribution in [1.82, 2.24) is 14.0 Å². The van der Waals surface area contributed by atoms with Crippen molar-refractivity contribution in [3.63, 3.8) is 0 Å². The molecule has 0 spiro atoms. The van der Waals surface area contributed by atoms with Crippen LogP contribution in [-0.4, -0.2) is 14.0 Å². The zero-order chi connectivity index (χ0) is 16.4. The van der Waals surface area contributed by atoms with E-state index >= 15 is 0 Å². The van der Waals surface area contributed by atoms with Gasteiger partial charge in [0.2, 0.25) is 0 Å². The van der Waals surface area contributed by atoms with E-state index < -0.39 is 0 Å². The van der Waals surface area contributed by atoms with E-state index in [1.807, 2.05) is 12.3 Å². The van der Waals surface area contributed by atoms with Crippen molar-refractivity contribution in [1.29, 1.82) is 0 Å². The summed E-state index contributed by atoms with van der Waals surface area (Å²) >= 11 is 0. The molecule has 0 fully saturated rings. The second-order valence-corrected chi connectivity index (χ2v) is 6.44. The fourth-order valence-electron chi connectivity index (χ4n) is 4.02. The largest absolute Gasteiger partial charge is 0.274 e. The highest BCUT2D eigenvalue weighted by Crippen LogP contribution is 2.33. The van der Waals surface area contributed by atoms with Crippen LogP contribution >= 0.6 is 0 Å². The summed E-state index contributed by atoms with van der Waals surface area (Å²) in [7, 11) is 0. The van der Waals surface area contributed by atoms with Crippen molar-refractivity contribution in [3.8, 4) is 17.2 Å². The molecule has 0 unspecified atom stereocenters. The number of hydrogen-bond acceptors (Lipinski definition) is 1. The highest BCUT2D eigenvalue weighted by molar-refractivity contribution is 5.84. The molecular formula is C21H15N4+. The molecular weight excluding hydrogens is 308 g/mol. The lowest BCUT2D eigenvalue weighted by Gasteiger charge is -2.02. The van der Waals surface area contributed by atoms with E-state index in [2.05, 4.69) is 80.4 Å². The molecule has 1 aliphatic rings. The van der Waals surface area contributed by atoms with Crippen molar-refractivity contribution >= 4 is 16.7 Å². The summed E-state index contributed by atoms with van der Waals surface area (Å²) in [5, 5.41) is 0. The Labute approximate surface area is 144 Å². The highest BCUT2D eigenvalue weighted by atomic mass is 15.2. The second kappa shape index (κ2) is 4.57. The van der Waals surface area contributed by atoms with Gasteiger partial charge in [-0.25, -0.2) is 18.5 Å². The Morgan fingerprint density at radius 2 is 1.80 bits per heavy atom. The first-order valence-corrected chi connectivity index (χ1v) is 8.46. The zero-order valence-corrected chi connectivity index (χ0v) is 13.5. The van der Waals surface area contributed by atoms with Crippen LogP contribution in [0.3, 0.4) is 0 Å². The lowest BCUT2D eigenvalue weighted by Crippen LogP contribution is -2.32. The lowest BCUT2D eigenvalue weighted by molar-refractivity contribution is -0.648. The standard InChI is InChI=1S/C21H15N4/c1-2-8-16(9-3-1)25-18-13-17-10-4-5-12-23(17)20(18)24-14-15-7-6-11-22-19(15)21(24)25/h1-13H,14H2/q+1. The molecule has 0 atom stereocenters. The van der Waals surface area contributed by atoms with Gasteiger partial charge in [-0.2, -0.15) is 0 Å². The van der Waals surface area contributed by atoms with Gasteiger partial charge in [0, 0.05) is 17.8 Å². The molecule has 0 bridgehead atoms. The van der Waals surface area contributed by atoms with Crippen molar-refractivity contribution in [2.45, 2.75) is 6.54 Å². The van der Waals surface area contributed by atoms with Crippen LogP contribution in [0.4, 0.5) is 0 Å². The molecule has 5 aromatic rings. The molecule has 0 radical (unpaired) electrons. The maximum absolute atomic E-state index is 4.69. The Kier molecular flexibility index (Phi) is 2.37. The van der Waals surface area contributed by atoms with Crippen LogP contribution in [0.25, 0.3) is 33.9 Å². The number of pyridine rings is 2. The predicted molar refractivity (Wildman–Crippen MR) is 96.8 cm³/mol. The molecule has 0 amide bonds. The van der Waals surface area contributed by atoms with Gasteiger partial charge in [-0.05, 0) is 30.3 Å². The van der Waals surface area contributed by atoms with Crippen LogP contribution in [0, 0.1) is 0 Å². The maximum Gasteiger partial charge on any atom is 0.274 e. The molecule has 4 aromatic heterocycles. The third-order valence-corrected chi connectivity index (χ3v) is 5.04. The first-order valence-electron chi connectivity index (χ1n) is 8.46. The minimum atomic E-state index is 0.857. The molecule has 25 heavy (non-hydrogen) atoms. The molecule has 4 nitrogen and oxygen atoms in total. The van der Waals surface area contributed by atoms with Crippen LogP contribution in [-0.2, 0) is 6.54 Å². The van der Waals surface area contributed by atoms with Crippen molar-refractivity contribution < 1.29 is 4.57 Å². The highest BCUT2D eigenvalue weighted by Gasteiger charge is 2.35. The molecule has 0 saturated heterocycles. The Balaban J connectivity index is 1.83. The number of imidazole rings is 1. The summed E-state index contributed by atoms with van der Waals surface area (Å²) in [4.78, 5) is 4.69. The van der Waals surface area contributed by atoms with Gasteiger partial charge in [-0.15, -0.1) is 0 Å². The minimum Gasteiger partial charge on any atom is -0.249 e. The van der Waals surface area contributed by atoms with E-state index in [1.54, 1.807) is 0 Å². The van der Waals surface area contributed by atoms with Crippen LogP contribution in [0.15, 0.2) is 79.1 Å². The molecule has 1 aliphatic heterocycles. The van der Waals surface area contributed by atoms with Gasteiger partial charge in [0.15, 0.2) is 5.52 Å². The first-order chi connectivity index (χ1) is 12.4. The number of nitrogens with zero attached hydrogens (tertiary/aromatic N) is 4. The smallest absolute Gasteiger partial charge is 0.249 e. The molecule has 0 saturated carbocycles. The first kappa shape index (κ1) is 13.0. The van der Waals surface area contributed by atoms with Gasteiger partial charge >= 0.3 is 0 Å². The Morgan fingerprint density at radius 3 is 2.72 bits per heavy atom. The summed E-state index contributed by atoms with van der Waals surface area (Å²) in [5.41, 5.74) is 7.14. The van der Waals surface area contributed by atoms with Crippen LogP contribution in [0.5, 0.6) is 0 Å². The maximum atomic E-state index is 4.69. The summed E-state index contributed by atoms with van der Waals surface area (Å²) in [6.07, 6.45) is 4.02. The number of benzene rings is 1. The van der Waals surface area contributed by atoms with E-state index in [0.29, 0.717) is 0 Å². The fourth-order valence-corrected chi connectivity index (χ4v) is 4.02. The van der Waals surface area contributed by atoms with Crippen molar-refractivity contribution in [2.75, 3.05) is 0 Å². The SMILES string of the molecule is c1ccc(-n2c3[n+](c4c2cc2ccccn24)Cc2cccnc2-3)cc1. The molecule has 118 valence electrons. The summed E-state index contributed by atoms with van der Waals surface area (Å²) in [6.45, 7) is 0.857. The number of aromatic nitrogens is 4. The van der Waals surface area contributed by atoms with E-state index in [4.69, 9.17) is 4.98 Å². The molecule has 0 N–H and O–H groups in total. The van der Waals surface area contributed by atoms with Gasteiger partial charge < -0.3 is 0 Å². The summed E-state index contributed by atoms with van der Waals surface area (Å²) in [5.74, 6) is 1.16. The van der Waals surface area contributed by atoms with Gasteiger partial charge in [0.25, 0.3) is 11.5 Å². The molecule has 0 aliphatic carbocycles. The van der Waals surface area contributed by atoms with E-state index in [0.717, 1.165) is 23.8 Å². The monoisotopic (exact) mass is 323 g/mol. The van der Waals surface area contributed by atoms with Gasteiger partial charge in [0.05, 0.1) is 12.7 Å². The zero-order valence-electron chi connectivity index (χ0n) is 13.5. The van der Waals surface area contributed by atoms with Crippen LogP contribution in [0.1, 0.15) is 5.56 Å². The fraction of sp³-hybridized carbons (Fsp3) is 0.0476. The van der Waals surface area contributed by atoms with Crippen molar-refractivity contribution in [2.24, 2.45) is 0 Å². The van der Waals surface area contributed by atoms with Crippen molar-refractivity contribution in [3.05, 3.63) is 84.7 Å². The Morgan fingerprint density at radius 1 is 0.920 bits per heavy atom. The quantitative estimate of drug-likeness (QED) is 0.425. The average Bonchev–Trinajstić information content (AvgIpc) is 3.29. The second-order valence-electron chi connectivity index (χ2n) is 6.44. The van der Waals surface area contributed by atoms with Crippen LogP contribution in [0.2, 0.25) is 0 Å². The average molecular weight is 323 g/mol. The summed E-state index contributed by atoms with van der Waals surface area (Å²) < 4.78 is 6.98. The van der Waals surface area contributed by atoms with E-state index in [-0.39, 0.29) is 0 Å². The summed E-state index contributed by atoms with van der Waals surface area (Å²) in [6, 6.07) is 23.3. The molecule has 1 aromatic carbocycles. The van der Waals surface area contributed by atoms with Gasteiger partial charge in [-0.1, -0.05) is 30.3 Å².